The highest BCUT2D eigenvalue weighted by atomic mass is 16.5. The third-order valence-electron chi connectivity index (χ3n) is 5.41. The van der Waals surface area contributed by atoms with Crippen LogP contribution in [-0.2, 0) is 4.79 Å². The van der Waals surface area contributed by atoms with E-state index in [1.54, 1.807) is 30.3 Å². The van der Waals surface area contributed by atoms with E-state index >= 15 is 0 Å². The second-order valence-corrected chi connectivity index (χ2v) is 6.92. The Balaban J connectivity index is 1.98. The first-order valence-electron chi connectivity index (χ1n) is 8.90. The summed E-state index contributed by atoms with van der Waals surface area (Å²) in [6.45, 7) is 2.09. The van der Waals surface area contributed by atoms with Gasteiger partial charge in [-0.25, -0.2) is 4.79 Å². The molecular formula is C17H24N6O4. The van der Waals surface area contributed by atoms with E-state index in [1.807, 2.05) is 6.92 Å². The third-order valence-corrected chi connectivity index (χ3v) is 5.41. The maximum atomic E-state index is 12.2. The number of amides is 3. The Labute approximate surface area is 157 Å². The summed E-state index contributed by atoms with van der Waals surface area (Å²) in [6, 6.07) is 0.460. The van der Waals surface area contributed by atoms with Crippen LogP contribution in [0.2, 0.25) is 0 Å². The molecule has 3 unspecified atom stereocenters. The quantitative estimate of drug-likeness (QED) is 0.399. The third kappa shape index (κ3) is 3.20. The Hall–Kier alpha value is -2.77. The Kier molecular flexibility index (Phi) is 4.99. The molecule has 3 aliphatic heterocycles. The van der Waals surface area contributed by atoms with Crippen LogP contribution in [0.1, 0.15) is 26.2 Å². The van der Waals surface area contributed by atoms with Crippen LogP contribution in [0.5, 0.6) is 0 Å². The SMILES string of the molecule is CCC1CCN(C(=O)CC#N)C(O)(O)C1N(C)C1=C2C=CNC2NC(=O)N1. The van der Waals surface area contributed by atoms with E-state index in [4.69, 9.17) is 5.26 Å². The molecule has 0 aromatic carbocycles. The topological polar surface area (TPSA) is 141 Å². The lowest BCUT2D eigenvalue weighted by atomic mass is 9.84. The summed E-state index contributed by atoms with van der Waals surface area (Å²) in [6.07, 6.45) is 3.87. The van der Waals surface area contributed by atoms with Gasteiger partial charge in [0, 0.05) is 19.2 Å². The Morgan fingerprint density at radius 1 is 1.52 bits per heavy atom. The molecule has 10 heteroatoms. The molecule has 3 aliphatic rings. The molecule has 27 heavy (non-hydrogen) atoms. The van der Waals surface area contributed by atoms with Gasteiger partial charge in [-0.2, -0.15) is 5.26 Å². The average Bonchev–Trinajstić information content (AvgIpc) is 3.07. The highest BCUT2D eigenvalue weighted by Crippen LogP contribution is 2.36. The summed E-state index contributed by atoms with van der Waals surface area (Å²) in [5.41, 5.74) is 0.753. The molecule has 3 heterocycles. The number of likely N-dealkylation sites (tertiary alicyclic amines) is 1. The minimum atomic E-state index is -2.48. The van der Waals surface area contributed by atoms with E-state index in [0.717, 1.165) is 10.5 Å². The molecule has 0 spiro atoms. The van der Waals surface area contributed by atoms with Crippen LogP contribution in [0.4, 0.5) is 4.79 Å². The maximum Gasteiger partial charge on any atom is 0.322 e. The van der Waals surface area contributed by atoms with Gasteiger partial charge in [0.1, 0.15) is 24.4 Å². The maximum absolute atomic E-state index is 12.2. The van der Waals surface area contributed by atoms with Crippen LogP contribution in [-0.4, -0.2) is 63.7 Å². The summed E-state index contributed by atoms with van der Waals surface area (Å²) in [5.74, 6) is -2.80. The molecule has 3 rings (SSSR count). The minimum absolute atomic E-state index is 0.132. The van der Waals surface area contributed by atoms with Crippen molar-refractivity contribution in [2.45, 2.75) is 44.3 Å². The highest BCUT2D eigenvalue weighted by Gasteiger charge is 2.53. The van der Waals surface area contributed by atoms with E-state index in [9.17, 15) is 19.8 Å². The highest BCUT2D eigenvalue weighted by molar-refractivity contribution is 5.80. The zero-order valence-electron chi connectivity index (χ0n) is 15.3. The van der Waals surface area contributed by atoms with E-state index in [0.29, 0.717) is 18.7 Å². The summed E-state index contributed by atoms with van der Waals surface area (Å²) in [7, 11) is 1.66. The first-order chi connectivity index (χ1) is 12.8. The van der Waals surface area contributed by atoms with Crippen molar-refractivity contribution in [1.82, 2.24) is 25.8 Å². The smallest absolute Gasteiger partial charge is 0.322 e. The molecule has 0 radical (unpaired) electrons. The van der Waals surface area contributed by atoms with Gasteiger partial charge in [-0.1, -0.05) is 13.3 Å². The molecule has 1 saturated heterocycles. The number of likely N-dealkylation sites (N-methyl/N-ethyl adjacent to an activating group) is 1. The predicted molar refractivity (Wildman–Crippen MR) is 93.8 cm³/mol. The van der Waals surface area contributed by atoms with Gasteiger partial charge >= 0.3 is 6.03 Å². The fourth-order valence-corrected chi connectivity index (χ4v) is 4.10. The van der Waals surface area contributed by atoms with Crippen LogP contribution in [0.25, 0.3) is 0 Å². The molecule has 0 bridgehead atoms. The molecule has 3 atom stereocenters. The fraction of sp³-hybridized carbons (Fsp3) is 0.588. The van der Waals surface area contributed by atoms with Crippen molar-refractivity contribution in [3.05, 3.63) is 23.7 Å². The number of nitriles is 1. The van der Waals surface area contributed by atoms with Gasteiger partial charge in [-0.3, -0.25) is 15.0 Å². The van der Waals surface area contributed by atoms with Crippen molar-refractivity contribution in [1.29, 1.82) is 5.26 Å². The van der Waals surface area contributed by atoms with Gasteiger partial charge in [0.05, 0.1) is 6.07 Å². The Bertz CT molecular complexity index is 740. The van der Waals surface area contributed by atoms with E-state index < -0.39 is 36.5 Å². The molecule has 3 amide bonds. The van der Waals surface area contributed by atoms with Crippen molar-refractivity contribution >= 4 is 11.9 Å². The lowest BCUT2D eigenvalue weighted by Crippen LogP contribution is -2.70. The number of carbonyl (C=O) groups is 2. The number of piperidine rings is 1. The number of urea groups is 1. The van der Waals surface area contributed by atoms with E-state index in [-0.39, 0.29) is 12.5 Å². The predicted octanol–water partition coefficient (Wildman–Crippen LogP) is -0.935. The Morgan fingerprint density at radius 2 is 2.26 bits per heavy atom. The van der Waals surface area contributed by atoms with Crippen molar-refractivity contribution in [3.8, 4) is 6.07 Å². The monoisotopic (exact) mass is 376 g/mol. The molecule has 5 N–H and O–H groups in total. The summed E-state index contributed by atoms with van der Waals surface area (Å²) in [5, 5.41) is 39.1. The first-order valence-corrected chi connectivity index (χ1v) is 8.90. The van der Waals surface area contributed by atoms with Crippen LogP contribution in [0, 0.1) is 17.2 Å². The summed E-state index contributed by atoms with van der Waals surface area (Å²) < 4.78 is 0. The van der Waals surface area contributed by atoms with E-state index in [2.05, 4.69) is 16.0 Å². The van der Waals surface area contributed by atoms with Gasteiger partial charge in [-0.15, -0.1) is 0 Å². The molecule has 0 aromatic rings. The van der Waals surface area contributed by atoms with Gasteiger partial charge in [-0.05, 0) is 24.6 Å². The van der Waals surface area contributed by atoms with Crippen LogP contribution >= 0.6 is 0 Å². The molecule has 146 valence electrons. The van der Waals surface area contributed by atoms with Crippen LogP contribution in [0.15, 0.2) is 23.7 Å². The van der Waals surface area contributed by atoms with Crippen LogP contribution in [0.3, 0.4) is 0 Å². The van der Waals surface area contributed by atoms with Crippen molar-refractivity contribution in [3.63, 3.8) is 0 Å². The number of hydrogen-bond acceptors (Lipinski definition) is 7. The summed E-state index contributed by atoms with van der Waals surface area (Å²) >= 11 is 0. The number of fused-ring (bicyclic) bond motifs is 1. The fourth-order valence-electron chi connectivity index (χ4n) is 4.10. The second kappa shape index (κ2) is 7.09. The minimum Gasteiger partial charge on any atom is -0.367 e. The number of aliphatic hydroxyl groups is 2. The zero-order valence-corrected chi connectivity index (χ0v) is 15.3. The van der Waals surface area contributed by atoms with E-state index in [1.165, 1.54) is 0 Å². The van der Waals surface area contributed by atoms with Gasteiger partial charge in [0.15, 0.2) is 0 Å². The molecule has 0 aromatic heterocycles. The number of rotatable bonds is 4. The number of hydrogen-bond donors (Lipinski definition) is 5. The van der Waals surface area contributed by atoms with Crippen molar-refractivity contribution in [2.75, 3.05) is 13.6 Å². The zero-order chi connectivity index (χ0) is 19.8. The lowest BCUT2D eigenvalue weighted by molar-refractivity contribution is -0.306. The average molecular weight is 376 g/mol. The molecular weight excluding hydrogens is 352 g/mol. The number of nitrogens with zero attached hydrogens (tertiary/aromatic N) is 3. The normalized spacial score (nSPS) is 28.6. The number of carbonyl (C=O) groups excluding carboxylic acids is 2. The molecule has 1 fully saturated rings. The van der Waals surface area contributed by atoms with Crippen molar-refractivity contribution in [2.24, 2.45) is 5.92 Å². The van der Waals surface area contributed by atoms with Crippen molar-refractivity contribution < 1.29 is 19.8 Å². The Morgan fingerprint density at radius 3 is 2.93 bits per heavy atom. The number of nitrogens with one attached hydrogen (secondary N) is 3. The summed E-state index contributed by atoms with van der Waals surface area (Å²) in [4.78, 5) is 26.8. The molecule has 10 nitrogen and oxygen atoms in total. The largest absolute Gasteiger partial charge is 0.367 e. The van der Waals surface area contributed by atoms with Gasteiger partial charge < -0.3 is 25.7 Å². The van der Waals surface area contributed by atoms with Crippen LogP contribution < -0.4 is 16.0 Å². The molecule has 0 aliphatic carbocycles. The molecule has 0 saturated carbocycles. The van der Waals surface area contributed by atoms with Gasteiger partial charge in [0.2, 0.25) is 5.91 Å². The first kappa shape index (κ1) is 19.0. The van der Waals surface area contributed by atoms with Gasteiger partial charge in [0.25, 0.3) is 5.91 Å². The lowest BCUT2D eigenvalue weighted by Gasteiger charge is -2.52. The second-order valence-electron chi connectivity index (χ2n) is 6.92. The standard InChI is InChI=1S/C17H24N6O4/c1-3-10-6-9-23(12(24)4-7-18)17(26,27)13(10)22(2)15-11-5-8-19-14(11)20-16(25)21-15/h5,8,10,13-14,19,26-27H,3-4,6,9H2,1-2H3,(H2,20,21,25).